The van der Waals surface area contributed by atoms with E-state index < -0.39 is 11.8 Å². The number of carbonyl (C=O) groups is 3. The van der Waals surface area contributed by atoms with Crippen molar-refractivity contribution >= 4 is 49.4 Å². The number of rotatable bonds is 4. The maximum Gasteiger partial charge on any atom is 0.342 e. The highest BCUT2D eigenvalue weighted by Gasteiger charge is 2.36. The monoisotopic (exact) mass is 378 g/mol. The van der Waals surface area contributed by atoms with Crippen molar-refractivity contribution in [3.63, 3.8) is 0 Å². The van der Waals surface area contributed by atoms with Gasteiger partial charge in [-0.05, 0) is 44.7 Å². The molecule has 0 radical (unpaired) electrons. The first kappa shape index (κ1) is 15.3. The van der Waals surface area contributed by atoms with Gasteiger partial charge in [-0.15, -0.1) is 0 Å². The summed E-state index contributed by atoms with van der Waals surface area (Å²) in [5.41, 5.74) is 0.0646. The summed E-state index contributed by atoms with van der Waals surface area (Å²) in [6, 6.07) is 0. The van der Waals surface area contributed by atoms with E-state index in [0.717, 1.165) is 12.8 Å². The summed E-state index contributed by atoms with van der Waals surface area (Å²) in [7, 11) is 1.19. The lowest BCUT2D eigenvalue weighted by atomic mass is 9.91. The number of methoxy groups -OCH3 is 1. The molecule has 0 saturated heterocycles. The minimum absolute atomic E-state index is 0.0631. The van der Waals surface area contributed by atoms with E-state index in [4.69, 9.17) is 0 Å². The van der Waals surface area contributed by atoms with Crippen LogP contribution in [0, 0.1) is 0 Å². The summed E-state index contributed by atoms with van der Waals surface area (Å²) in [5.74, 6) is -1.62. The van der Waals surface area contributed by atoms with Crippen LogP contribution in [0.1, 0.15) is 26.2 Å². The van der Waals surface area contributed by atoms with Crippen LogP contribution < -0.4 is 0 Å². The number of ketones is 2. The number of hydrogen-bond acceptors (Lipinski definition) is 4. The van der Waals surface area contributed by atoms with Crippen LogP contribution in [0.3, 0.4) is 0 Å². The van der Waals surface area contributed by atoms with Gasteiger partial charge in [0, 0.05) is 5.57 Å². The van der Waals surface area contributed by atoms with E-state index in [2.05, 4.69) is 36.6 Å². The average molecular weight is 380 g/mol. The van der Waals surface area contributed by atoms with Gasteiger partial charge in [0.05, 0.1) is 16.1 Å². The highest BCUT2D eigenvalue weighted by atomic mass is 79.9. The summed E-state index contributed by atoms with van der Waals surface area (Å²) in [6.07, 6.45) is 1.98. The number of carbonyl (C=O) groups excluding carboxylic acids is 3. The highest BCUT2D eigenvalue weighted by Crippen LogP contribution is 2.34. The van der Waals surface area contributed by atoms with Crippen molar-refractivity contribution in [2.45, 2.75) is 26.2 Å². The fourth-order valence-electron chi connectivity index (χ4n) is 1.60. The maximum absolute atomic E-state index is 12.1. The van der Waals surface area contributed by atoms with E-state index in [1.165, 1.54) is 7.11 Å². The molecular formula is C12H12Br2O4. The van der Waals surface area contributed by atoms with E-state index in [1.807, 2.05) is 6.92 Å². The van der Waals surface area contributed by atoms with Crippen LogP contribution in [0.25, 0.3) is 0 Å². The van der Waals surface area contributed by atoms with Crippen molar-refractivity contribution in [2.24, 2.45) is 0 Å². The first-order chi connectivity index (χ1) is 8.45. The molecule has 0 spiro atoms. The lowest BCUT2D eigenvalue weighted by Gasteiger charge is -2.17. The van der Waals surface area contributed by atoms with Crippen molar-refractivity contribution in [3.05, 3.63) is 20.1 Å². The second kappa shape index (κ2) is 6.43. The average Bonchev–Trinajstić information content (AvgIpc) is 2.38. The largest absolute Gasteiger partial charge is 0.465 e. The number of hydrogen-bond donors (Lipinski definition) is 0. The minimum Gasteiger partial charge on any atom is -0.465 e. The van der Waals surface area contributed by atoms with Gasteiger partial charge >= 0.3 is 5.97 Å². The summed E-state index contributed by atoms with van der Waals surface area (Å²) in [5, 5.41) is 0. The van der Waals surface area contributed by atoms with Crippen LogP contribution in [0.5, 0.6) is 0 Å². The maximum atomic E-state index is 12.1. The summed E-state index contributed by atoms with van der Waals surface area (Å²) >= 11 is 6.08. The smallest absolute Gasteiger partial charge is 0.342 e. The molecule has 0 unspecified atom stereocenters. The normalized spacial score (nSPS) is 16.4. The molecule has 0 amide bonds. The molecule has 0 bridgehead atoms. The number of Topliss-reactive ketones (excluding diaryl/α,β-unsaturated/α-hetero) is 2. The molecule has 1 aliphatic rings. The van der Waals surface area contributed by atoms with Crippen LogP contribution in [0.2, 0.25) is 0 Å². The van der Waals surface area contributed by atoms with Crippen molar-refractivity contribution in [1.82, 2.24) is 0 Å². The second-order valence-electron chi connectivity index (χ2n) is 3.73. The molecule has 0 heterocycles. The first-order valence-electron chi connectivity index (χ1n) is 5.41. The fourth-order valence-corrected chi connectivity index (χ4v) is 2.40. The van der Waals surface area contributed by atoms with Gasteiger partial charge in [0.25, 0.3) is 0 Å². The third kappa shape index (κ3) is 2.80. The van der Waals surface area contributed by atoms with Gasteiger partial charge in [-0.1, -0.05) is 13.3 Å². The molecule has 0 aliphatic heterocycles. The number of allylic oxidation sites excluding steroid dienone is 3. The number of ether oxygens (including phenoxy) is 1. The third-order valence-corrected chi connectivity index (χ3v) is 4.61. The van der Waals surface area contributed by atoms with E-state index in [9.17, 15) is 14.4 Å². The van der Waals surface area contributed by atoms with Gasteiger partial charge in [-0.3, -0.25) is 9.59 Å². The molecular weight excluding hydrogens is 368 g/mol. The predicted octanol–water partition coefficient (Wildman–Crippen LogP) is 2.80. The summed E-state index contributed by atoms with van der Waals surface area (Å²) in [4.78, 5) is 35.7. The molecule has 0 aromatic carbocycles. The van der Waals surface area contributed by atoms with Crippen molar-refractivity contribution in [2.75, 3.05) is 7.11 Å². The standard InChI is InChI=1S/C12H12Br2O4/c1-3-4-5-6-7(12(17)18-2)11(16)9(14)8(13)10(6)15/h3-5H2,1-2H3. The molecule has 18 heavy (non-hydrogen) atoms. The Morgan fingerprint density at radius 3 is 2.22 bits per heavy atom. The third-order valence-electron chi connectivity index (χ3n) is 2.56. The second-order valence-corrected chi connectivity index (χ2v) is 5.32. The van der Waals surface area contributed by atoms with Gasteiger partial charge in [-0.25, -0.2) is 4.79 Å². The Bertz CT molecular complexity index is 474. The quantitative estimate of drug-likeness (QED) is 0.428. The molecule has 0 N–H and O–H groups in total. The minimum atomic E-state index is -0.767. The Labute approximate surface area is 122 Å². The van der Waals surface area contributed by atoms with Crippen LogP contribution >= 0.6 is 31.9 Å². The summed E-state index contributed by atoms with van der Waals surface area (Å²) < 4.78 is 4.80. The van der Waals surface area contributed by atoms with Crippen molar-refractivity contribution < 1.29 is 19.1 Å². The highest BCUT2D eigenvalue weighted by molar-refractivity contribution is 9.14. The van der Waals surface area contributed by atoms with Crippen LogP contribution in [0.15, 0.2) is 20.1 Å². The van der Waals surface area contributed by atoms with Crippen molar-refractivity contribution in [1.29, 1.82) is 0 Å². The van der Waals surface area contributed by atoms with Crippen LogP contribution in [-0.4, -0.2) is 24.6 Å². The Balaban J connectivity index is 3.30. The molecule has 0 atom stereocenters. The zero-order chi connectivity index (χ0) is 13.9. The van der Waals surface area contributed by atoms with Crippen molar-refractivity contribution in [3.8, 4) is 0 Å². The lowest BCUT2D eigenvalue weighted by molar-refractivity contribution is -0.138. The Morgan fingerprint density at radius 2 is 1.72 bits per heavy atom. The molecule has 0 saturated carbocycles. The number of esters is 1. The van der Waals surface area contributed by atoms with E-state index >= 15 is 0 Å². The molecule has 0 aromatic heterocycles. The molecule has 1 aliphatic carbocycles. The van der Waals surface area contributed by atoms with E-state index in [0.29, 0.717) is 6.42 Å². The Kier molecular flexibility index (Phi) is 5.47. The predicted molar refractivity (Wildman–Crippen MR) is 73.5 cm³/mol. The molecule has 4 nitrogen and oxygen atoms in total. The summed E-state index contributed by atoms with van der Waals surface area (Å²) in [6.45, 7) is 1.97. The number of unbranched alkanes of at least 4 members (excludes halogenated alkanes) is 1. The number of halogens is 2. The molecule has 0 aromatic rings. The zero-order valence-corrected chi connectivity index (χ0v) is 13.2. The molecule has 0 fully saturated rings. The van der Waals surface area contributed by atoms with E-state index in [1.54, 1.807) is 0 Å². The SMILES string of the molecule is CCCCC1=C(C(=O)OC)C(=O)C(Br)=C(Br)C1=O. The first-order valence-corrected chi connectivity index (χ1v) is 7.00. The topological polar surface area (TPSA) is 60.4 Å². The molecule has 98 valence electrons. The van der Waals surface area contributed by atoms with Crippen LogP contribution in [0.4, 0.5) is 0 Å². The Morgan fingerprint density at radius 1 is 1.17 bits per heavy atom. The van der Waals surface area contributed by atoms with E-state index in [-0.39, 0.29) is 25.9 Å². The van der Waals surface area contributed by atoms with Gasteiger partial charge in [0.1, 0.15) is 5.57 Å². The van der Waals surface area contributed by atoms with Gasteiger partial charge < -0.3 is 4.74 Å². The van der Waals surface area contributed by atoms with Gasteiger partial charge in [0.2, 0.25) is 5.78 Å². The van der Waals surface area contributed by atoms with Gasteiger partial charge in [-0.2, -0.15) is 0 Å². The Hall–Kier alpha value is -0.750. The lowest BCUT2D eigenvalue weighted by Crippen LogP contribution is -2.25. The zero-order valence-electron chi connectivity index (χ0n) is 10.0. The van der Waals surface area contributed by atoms with Crippen LogP contribution in [-0.2, 0) is 19.1 Å². The molecule has 6 heteroatoms. The molecule has 1 rings (SSSR count). The van der Waals surface area contributed by atoms with Gasteiger partial charge in [0.15, 0.2) is 5.78 Å². The fraction of sp³-hybridized carbons (Fsp3) is 0.417.